The largest absolute Gasteiger partial charge is 0.486 e. The number of hydrogen-bond donors (Lipinski definition) is 0. The fourth-order valence-corrected chi connectivity index (χ4v) is 5.29. The van der Waals surface area contributed by atoms with Gasteiger partial charge in [-0.3, -0.25) is 4.79 Å². The molecule has 196 valence electrons. The zero-order valence-electron chi connectivity index (χ0n) is 21.8. The molecule has 1 aromatic heterocycles. The Morgan fingerprint density at radius 2 is 1.87 bits per heavy atom. The molecule has 6 heteroatoms. The van der Waals surface area contributed by atoms with Crippen molar-refractivity contribution in [2.24, 2.45) is 0 Å². The lowest BCUT2D eigenvalue weighted by Crippen LogP contribution is -2.26. The summed E-state index contributed by atoms with van der Waals surface area (Å²) in [6, 6.07) is 14.8. The molecule has 3 aromatic rings. The van der Waals surface area contributed by atoms with Gasteiger partial charge in [0, 0.05) is 42.7 Å². The number of ether oxygens (including phenoxy) is 3. The van der Waals surface area contributed by atoms with Gasteiger partial charge >= 0.3 is 0 Å². The Labute approximate surface area is 223 Å². The minimum absolute atomic E-state index is 0.103. The molecule has 2 atom stereocenters. The van der Waals surface area contributed by atoms with E-state index in [1.807, 2.05) is 42.5 Å². The Hall–Kier alpha value is -3.69. The minimum Gasteiger partial charge on any atom is -0.486 e. The number of rotatable bonds is 8. The molecule has 38 heavy (non-hydrogen) atoms. The molecule has 1 aliphatic carbocycles. The van der Waals surface area contributed by atoms with Crippen molar-refractivity contribution >= 4 is 5.78 Å². The Bertz CT molecular complexity index is 1330. The lowest BCUT2D eigenvalue weighted by Gasteiger charge is -2.22. The van der Waals surface area contributed by atoms with Crippen LogP contribution < -0.4 is 9.47 Å². The van der Waals surface area contributed by atoms with Crippen LogP contribution in [0.15, 0.2) is 54.7 Å². The maximum absolute atomic E-state index is 15.1. The first kappa shape index (κ1) is 25.9. The van der Waals surface area contributed by atoms with Gasteiger partial charge in [-0.15, -0.1) is 5.92 Å². The highest BCUT2D eigenvalue weighted by molar-refractivity contribution is 5.77. The van der Waals surface area contributed by atoms with Crippen LogP contribution in [0.1, 0.15) is 68.2 Å². The number of nitrogens with zero attached hydrogens (tertiary/aromatic N) is 1. The van der Waals surface area contributed by atoms with Crippen LogP contribution in [-0.4, -0.2) is 30.1 Å². The molecule has 0 bridgehead atoms. The highest BCUT2D eigenvalue weighted by Gasteiger charge is 2.29. The second kappa shape index (κ2) is 11.8. The molecule has 5 rings (SSSR count). The van der Waals surface area contributed by atoms with Gasteiger partial charge in [0.15, 0.2) is 0 Å². The van der Waals surface area contributed by atoms with Crippen molar-refractivity contribution in [3.63, 3.8) is 0 Å². The number of benzene rings is 2. The first-order valence-electron chi connectivity index (χ1n) is 13.2. The highest BCUT2D eigenvalue weighted by Crippen LogP contribution is 2.41. The first-order chi connectivity index (χ1) is 18.5. The van der Waals surface area contributed by atoms with E-state index in [-0.39, 0.29) is 29.7 Å². The fraction of sp³-hybridized carbons (Fsp3) is 0.375. The van der Waals surface area contributed by atoms with Crippen LogP contribution in [0, 0.1) is 17.7 Å². The van der Waals surface area contributed by atoms with Crippen LogP contribution in [0.2, 0.25) is 0 Å². The van der Waals surface area contributed by atoms with Crippen molar-refractivity contribution in [1.82, 2.24) is 4.98 Å². The smallest absolute Gasteiger partial charge is 0.213 e. The second-order valence-electron chi connectivity index (χ2n) is 9.87. The average molecular weight is 514 g/mol. The molecule has 1 fully saturated rings. The maximum atomic E-state index is 15.1. The molecule has 1 aliphatic heterocycles. The summed E-state index contributed by atoms with van der Waals surface area (Å²) in [6.45, 7) is 4.77. The molecule has 0 saturated carbocycles. The predicted octanol–water partition coefficient (Wildman–Crippen LogP) is 6.60. The molecule has 0 amide bonds. The van der Waals surface area contributed by atoms with Crippen LogP contribution in [0.5, 0.6) is 11.6 Å². The zero-order valence-corrected chi connectivity index (χ0v) is 21.8. The zero-order chi connectivity index (χ0) is 26.5. The Kier molecular flexibility index (Phi) is 8.05. The summed E-state index contributed by atoms with van der Waals surface area (Å²) in [5.41, 5.74) is 4.27. The predicted molar refractivity (Wildman–Crippen MR) is 144 cm³/mol. The van der Waals surface area contributed by atoms with Crippen LogP contribution >= 0.6 is 0 Å². The van der Waals surface area contributed by atoms with E-state index in [0.29, 0.717) is 31.1 Å². The summed E-state index contributed by atoms with van der Waals surface area (Å²) >= 11 is 0. The van der Waals surface area contributed by atoms with Gasteiger partial charge in [-0.1, -0.05) is 24.1 Å². The van der Waals surface area contributed by atoms with E-state index in [2.05, 4.69) is 16.8 Å². The normalized spacial score (nSPS) is 17.7. The van der Waals surface area contributed by atoms with E-state index in [0.717, 1.165) is 53.7 Å². The summed E-state index contributed by atoms with van der Waals surface area (Å²) in [6.07, 6.45) is 5.20. The van der Waals surface area contributed by atoms with Gasteiger partial charge in [0.1, 0.15) is 29.6 Å². The van der Waals surface area contributed by atoms with Gasteiger partial charge < -0.3 is 14.2 Å². The molecule has 2 heterocycles. The van der Waals surface area contributed by atoms with E-state index in [4.69, 9.17) is 14.2 Å². The van der Waals surface area contributed by atoms with Gasteiger partial charge in [-0.25, -0.2) is 9.37 Å². The van der Waals surface area contributed by atoms with Gasteiger partial charge in [-0.05, 0) is 67.6 Å². The highest BCUT2D eigenvalue weighted by atomic mass is 19.1. The molecule has 0 unspecified atom stereocenters. The van der Waals surface area contributed by atoms with Gasteiger partial charge in [0.25, 0.3) is 0 Å². The maximum Gasteiger partial charge on any atom is 0.213 e. The number of ketones is 1. The summed E-state index contributed by atoms with van der Waals surface area (Å²) < 4.78 is 32.8. The summed E-state index contributed by atoms with van der Waals surface area (Å²) in [5, 5.41) is 0. The Morgan fingerprint density at radius 1 is 1.08 bits per heavy atom. The third-order valence-electron chi connectivity index (χ3n) is 7.15. The number of halogens is 1. The second-order valence-corrected chi connectivity index (χ2v) is 9.87. The quantitative estimate of drug-likeness (QED) is 0.318. The van der Waals surface area contributed by atoms with E-state index >= 15 is 4.39 Å². The third-order valence-corrected chi connectivity index (χ3v) is 7.15. The lowest BCUT2D eigenvalue weighted by atomic mass is 9.94. The van der Waals surface area contributed by atoms with E-state index in [1.54, 1.807) is 20.0 Å². The lowest BCUT2D eigenvalue weighted by molar-refractivity contribution is -0.117. The number of aromatic nitrogens is 1. The van der Waals surface area contributed by atoms with Crippen molar-refractivity contribution in [3.05, 3.63) is 77.2 Å². The molecular weight excluding hydrogens is 481 g/mol. The standard InChI is InChI=1S/C32H32FNO4/c1-3-4-23(19-21(2)35)22-5-8-25(9-6-22)37-30-13-11-28-27(30)10-12-29(33)32(28)24-7-14-31(34-20-24)38-26-15-17-36-18-16-26/h5-10,12,14,20,23,26,30H,11,13,15-19H2,1-2H3/t23-,30+/m0/s1. The van der Waals surface area contributed by atoms with Gasteiger partial charge in [0.2, 0.25) is 5.88 Å². The molecule has 2 aliphatic rings. The van der Waals surface area contributed by atoms with Crippen LogP contribution in [0.25, 0.3) is 11.1 Å². The van der Waals surface area contributed by atoms with Crippen LogP contribution in [0.4, 0.5) is 4.39 Å². The van der Waals surface area contributed by atoms with Crippen molar-refractivity contribution in [1.29, 1.82) is 0 Å². The third kappa shape index (κ3) is 5.89. The molecule has 0 N–H and O–H groups in total. The van der Waals surface area contributed by atoms with Crippen LogP contribution in [-0.2, 0) is 16.0 Å². The van der Waals surface area contributed by atoms with E-state index < -0.39 is 0 Å². The first-order valence-corrected chi connectivity index (χ1v) is 13.2. The van der Waals surface area contributed by atoms with E-state index in [9.17, 15) is 4.79 Å². The summed E-state index contributed by atoms with van der Waals surface area (Å²) in [4.78, 5) is 16.1. The Balaban J connectivity index is 1.31. The average Bonchev–Trinajstić information content (AvgIpc) is 3.32. The van der Waals surface area contributed by atoms with Crippen molar-refractivity contribution in [2.45, 2.75) is 64.1 Å². The fourth-order valence-electron chi connectivity index (χ4n) is 5.29. The number of Topliss-reactive ketones (excluding diaryl/α,β-unsaturated/α-hetero) is 1. The molecule has 0 radical (unpaired) electrons. The van der Waals surface area contributed by atoms with Crippen LogP contribution in [0.3, 0.4) is 0 Å². The minimum atomic E-state index is -0.262. The molecular formula is C32H32FNO4. The topological polar surface area (TPSA) is 57.7 Å². The molecule has 2 aromatic carbocycles. The van der Waals surface area contributed by atoms with Gasteiger partial charge in [0.05, 0.1) is 19.1 Å². The number of fused-ring (bicyclic) bond motifs is 1. The summed E-state index contributed by atoms with van der Waals surface area (Å²) in [5.74, 6) is 7.06. The molecule has 1 saturated heterocycles. The monoisotopic (exact) mass is 513 g/mol. The SMILES string of the molecule is CC#C[C@@H](CC(C)=O)c1ccc(O[C@@H]2CCc3c2ccc(F)c3-c2ccc(OC3CCOCC3)nc2)cc1. The van der Waals surface area contributed by atoms with Crippen molar-refractivity contribution in [3.8, 4) is 34.6 Å². The van der Waals surface area contributed by atoms with E-state index in [1.165, 1.54) is 6.07 Å². The number of carbonyl (C=O) groups excluding carboxylic acids is 1. The molecule has 5 nitrogen and oxygen atoms in total. The number of pyridine rings is 1. The molecule has 0 spiro atoms. The number of hydrogen-bond acceptors (Lipinski definition) is 5. The van der Waals surface area contributed by atoms with Crippen molar-refractivity contribution < 1.29 is 23.4 Å². The van der Waals surface area contributed by atoms with Crippen molar-refractivity contribution in [2.75, 3.05) is 13.2 Å². The van der Waals surface area contributed by atoms with Gasteiger partial charge in [-0.2, -0.15) is 0 Å². The summed E-state index contributed by atoms with van der Waals surface area (Å²) in [7, 11) is 0. The number of carbonyl (C=O) groups is 1. The Morgan fingerprint density at radius 3 is 2.55 bits per heavy atom.